The molecule has 16 nitrogen and oxygen atoms in total. The van der Waals surface area contributed by atoms with E-state index in [0.29, 0.717) is 16.1 Å². The molecule has 0 fully saturated rings. The molecular formula is C87H108ClF3N6NiO10P2. The van der Waals surface area contributed by atoms with Crippen LogP contribution in [-0.4, -0.2) is 105 Å². The van der Waals surface area contributed by atoms with E-state index >= 15 is 0 Å². The maximum atomic E-state index is 13.5. The number of aliphatic carboxylic acids is 1. The number of fused-ring (bicyclic) bond motifs is 12. The number of hydrogen-bond donors (Lipinski definition) is 0. The van der Waals surface area contributed by atoms with Crippen LogP contribution in [0.2, 0.25) is 0 Å². The van der Waals surface area contributed by atoms with Crippen molar-refractivity contribution in [3.8, 4) is 34.5 Å². The van der Waals surface area contributed by atoms with E-state index in [4.69, 9.17) is 33.2 Å². The molecule has 15 aliphatic rings. The summed E-state index contributed by atoms with van der Waals surface area (Å²) in [5, 5.41) is 17.2. The van der Waals surface area contributed by atoms with Gasteiger partial charge in [-0.2, -0.15) is 26.0 Å². The van der Waals surface area contributed by atoms with Crippen molar-refractivity contribution in [1.82, 2.24) is 13.7 Å². The van der Waals surface area contributed by atoms with Gasteiger partial charge in [0.25, 0.3) is 0 Å². The first-order chi connectivity index (χ1) is 51.4. The molecule has 23 heteroatoms. The number of carbonyl (C=O) groups is 1. The van der Waals surface area contributed by atoms with E-state index in [1.54, 1.807) is 18.2 Å². The smallest absolute Gasteiger partial charge is 1.00 e. The predicted octanol–water partition coefficient (Wildman–Crippen LogP) is 8.12. The van der Waals surface area contributed by atoms with E-state index in [1.165, 1.54) is 196 Å². The quantitative estimate of drug-likeness (QED) is 0.0720. The van der Waals surface area contributed by atoms with E-state index < -0.39 is 27.8 Å². The zero-order valence-corrected chi connectivity index (χ0v) is 66.5. The predicted molar refractivity (Wildman–Crippen MR) is 421 cm³/mol. The number of carboxylic acid groups (broad SMARTS) is 1. The molecule has 0 aromatic heterocycles. The fraction of sp³-hybridized carbons (Fsp3) is 0.517. The second-order valence-electron chi connectivity index (χ2n) is 30.8. The molecule has 0 aliphatic carbocycles. The Morgan fingerprint density at radius 3 is 1.27 bits per heavy atom. The maximum Gasteiger partial charge on any atom is 2.00 e. The fourth-order valence-corrected chi connectivity index (χ4v) is 22.3. The first kappa shape index (κ1) is 83.0. The zero-order chi connectivity index (χ0) is 73.4. The second-order valence-corrected chi connectivity index (χ2v) is 34.1. The summed E-state index contributed by atoms with van der Waals surface area (Å²) in [6.45, 7) is 24.7. The topological polar surface area (TPSA) is 162 Å². The van der Waals surface area contributed by atoms with Crippen LogP contribution in [0.15, 0.2) is 36.4 Å². The third-order valence-electron chi connectivity index (χ3n) is 24.0. The number of benzene rings is 6. The minimum Gasteiger partial charge on any atom is -1.00 e. The number of aryl methyl sites for hydroxylation is 6. The van der Waals surface area contributed by atoms with Crippen molar-refractivity contribution >= 4 is 55.4 Å². The third kappa shape index (κ3) is 14.9. The molecule has 6 aromatic rings. The maximum absolute atomic E-state index is 13.5. The Morgan fingerprint density at radius 1 is 0.509 bits per heavy atom. The fourth-order valence-electron chi connectivity index (χ4n) is 20.2. The van der Waals surface area contributed by atoms with Crippen LogP contribution in [0.1, 0.15) is 202 Å². The van der Waals surface area contributed by atoms with Gasteiger partial charge in [0.05, 0.1) is 22.0 Å². The average molecular weight is 1610 g/mol. The summed E-state index contributed by atoms with van der Waals surface area (Å²) in [5.74, 6) is 2.74. The number of hydrogen-bond acceptors (Lipinski definition) is 13. The number of carbonyl (C=O) groups excluding carboxylic acids is 1. The molecule has 21 rings (SSSR count). The number of carboxylic acids is 1. The van der Waals surface area contributed by atoms with E-state index in [2.05, 4.69) is 84.7 Å². The number of halogens is 4. The second kappa shape index (κ2) is 34.3. The van der Waals surface area contributed by atoms with Crippen molar-refractivity contribution in [3.05, 3.63) is 165 Å². The third-order valence-corrected chi connectivity index (χ3v) is 26.8. The SMILES string of the molecule is C.C.C1=c2cc3c4c(c2Oc2c1cc1c5c2CCCN5CCC1)CCC[N+]=4CCC3.COP(=O)([O-])C1=c2cc3c4c(c2Oc2c1cc1c5c2CCCN5CCC1)CCC[N+]=4CCC3.CO[PH](=O)C1=c2cc3c4c(c2Oc2c1cc1c5c2CCCN5CCC1)CCC[N+]=4CCC3.O=C([O-])C(F)(F)F.[CH2-]CC.[CH2-]CC.[Cl-].[Ni+2]. The molecule has 0 radical (unpaired) electrons. The summed E-state index contributed by atoms with van der Waals surface area (Å²) in [6.07, 6.45) is 26.2. The molecule has 0 spiro atoms. The Kier molecular flexibility index (Phi) is 25.9. The van der Waals surface area contributed by atoms with Crippen molar-refractivity contribution in [1.29, 1.82) is 0 Å². The molecule has 0 saturated heterocycles. The van der Waals surface area contributed by atoms with Gasteiger partial charge in [-0.05, 0) is 175 Å². The molecule has 594 valence electrons. The Balaban J connectivity index is 0.000000140. The molecule has 0 amide bonds. The summed E-state index contributed by atoms with van der Waals surface area (Å²) < 4.78 is 97.3. The summed E-state index contributed by atoms with van der Waals surface area (Å²) in [6, 6.07) is 13.6. The summed E-state index contributed by atoms with van der Waals surface area (Å²) >= 11 is 0. The van der Waals surface area contributed by atoms with Crippen molar-refractivity contribution in [3.63, 3.8) is 0 Å². The van der Waals surface area contributed by atoms with Crippen LogP contribution in [0.3, 0.4) is 0 Å². The van der Waals surface area contributed by atoms with Gasteiger partial charge in [-0.25, -0.2) is 13.7 Å². The van der Waals surface area contributed by atoms with Gasteiger partial charge in [-0.3, -0.25) is 4.57 Å². The average Bonchev–Trinajstić information content (AvgIpc) is 0.718. The molecule has 2 unspecified atom stereocenters. The van der Waals surface area contributed by atoms with Gasteiger partial charge in [0, 0.05) is 180 Å². The Labute approximate surface area is 663 Å². The van der Waals surface area contributed by atoms with E-state index in [-0.39, 0.29) is 43.8 Å². The molecule has 6 aromatic carbocycles. The Bertz CT molecular complexity index is 5130. The van der Waals surface area contributed by atoms with Crippen LogP contribution in [0.25, 0.3) is 16.7 Å². The molecule has 15 aliphatic heterocycles. The van der Waals surface area contributed by atoms with Crippen molar-refractivity contribution in [2.45, 2.75) is 202 Å². The van der Waals surface area contributed by atoms with Gasteiger partial charge in [-0.15, -0.1) is 0 Å². The standard InChI is InChI=1S/C26H29N2O4P.C26H30N2O3P.C25H27N2O.2C3H7.C2HF3O2.2CH4.ClH.Ni/c1-31-33(29,30)26-20-14-16-6-2-10-27-12-4-8-18(22(16)27)24(20)32-25-19-9-5-13-28-11-3-7-17(23(19)28)15-21(25)26;1-30-32(29)26-20-14-16-6-2-10-27-12-4-8-18(22(16)27)24(20)31-25-19-9-5-13-28-11-3-7-17(23(19)28)15-21(25)26;1-5-16-13-18-15-19-14-17-6-2-10-27-12-4-8-21(23(17)27)25(19)28-24(18)20-7-3-11-26(9-1)22(16)20;2*1-3-2;3-2(4,5)1(6)7;;;;/h14-15H,2-13H2,1H3;14-15,32H,2-13H2,1H3;13-15H,1-12H2;2*1,3H2,2H3;(H,6,7);2*1H4;1H;/q;2*+1;2*-1;;;;;+2/p-2. The minimum absolute atomic E-state index is 0. The van der Waals surface area contributed by atoms with Crippen LogP contribution in [0, 0.1) is 13.8 Å². The van der Waals surface area contributed by atoms with Crippen LogP contribution in [0.4, 0.5) is 30.2 Å². The molecule has 110 heavy (non-hydrogen) atoms. The van der Waals surface area contributed by atoms with E-state index in [9.17, 15) is 27.2 Å². The first-order valence-corrected chi connectivity index (χ1v) is 42.4. The Morgan fingerprint density at radius 2 is 0.845 bits per heavy atom. The molecule has 2 atom stereocenters. The number of nitrogens with zero attached hydrogens (tertiary/aromatic N) is 6. The van der Waals surface area contributed by atoms with Gasteiger partial charge >= 0.3 is 22.7 Å². The van der Waals surface area contributed by atoms with Crippen molar-refractivity contribution < 1.29 is 89.3 Å². The molecular weight excluding hydrogens is 1500 g/mol. The van der Waals surface area contributed by atoms with Crippen LogP contribution < -0.4 is 96.8 Å². The molecule has 0 bridgehead atoms. The van der Waals surface area contributed by atoms with Crippen molar-refractivity contribution in [2.75, 3.05) is 107 Å². The van der Waals surface area contributed by atoms with Crippen LogP contribution in [0.5, 0.6) is 34.5 Å². The normalized spacial score (nSPS) is 19.1. The number of rotatable bonds is 4. The van der Waals surface area contributed by atoms with Gasteiger partial charge in [-0.1, -0.05) is 28.7 Å². The summed E-state index contributed by atoms with van der Waals surface area (Å²) in [5.41, 5.74) is 23.6. The van der Waals surface area contributed by atoms with Crippen LogP contribution in [-0.2, 0) is 117 Å². The van der Waals surface area contributed by atoms with E-state index in [0.717, 1.165) is 207 Å². The molecule has 0 saturated carbocycles. The Hall–Kier alpha value is -6.49. The monoisotopic (exact) mass is 1610 g/mol. The number of ether oxygens (including phenoxy) is 3. The molecule has 0 N–H and O–H groups in total. The van der Waals surface area contributed by atoms with Gasteiger partial charge in [0.2, 0.25) is 24.1 Å². The minimum atomic E-state index is -5.19. The largest absolute Gasteiger partial charge is 2.00 e. The molecule has 15 heterocycles. The van der Waals surface area contributed by atoms with Gasteiger partial charge in [0.1, 0.15) is 79.7 Å². The van der Waals surface area contributed by atoms with E-state index in [1.807, 2.05) is 13.8 Å². The van der Waals surface area contributed by atoms with Crippen LogP contribution >= 0.6 is 15.6 Å². The first-order valence-electron chi connectivity index (χ1n) is 39.5. The van der Waals surface area contributed by atoms with Gasteiger partial charge in [0.15, 0.2) is 7.60 Å². The van der Waals surface area contributed by atoms with Crippen molar-refractivity contribution in [2.24, 2.45) is 0 Å². The number of alkyl halides is 3. The zero-order valence-electron chi connectivity index (χ0n) is 62.9. The number of anilines is 3. The van der Waals surface area contributed by atoms with Gasteiger partial charge < -0.3 is 83.6 Å². The summed E-state index contributed by atoms with van der Waals surface area (Å²) in [4.78, 5) is 29.9. The summed E-state index contributed by atoms with van der Waals surface area (Å²) in [7, 11) is -3.80.